The van der Waals surface area contributed by atoms with Gasteiger partial charge < -0.3 is 9.78 Å². The van der Waals surface area contributed by atoms with Crippen molar-refractivity contribution in [3.05, 3.63) is 31.5 Å². The average Bonchev–Trinajstić information content (AvgIpc) is 2.06. The van der Waals surface area contributed by atoms with Crippen LogP contribution in [0, 0.1) is 0 Å². The van der Waals surface area contributed by atoms with E-state index < -0.39 is 11.2 Å². The molecule has 0 aromatic carbocycles. The molecule has 0 unspecified atom stereocenters. The van der Waals surface area contributed by atoms with Crippen LogP contribution in [0.15, 0.2) is 20.3 Å². The van der Waals surface area contributed by atoms with Crippen molar-refractivity contribution in [1.82, 2.24) is 9.55 Å². The topological polar surface area (TPSA) is 71.9 Å². The van der Waals surface area contributed by atoms with Gasteiger partial charge in [-0.3, -0.25) is 9.36 Å². The molecule has 5 nitrogen and oxygen atoms in total. The summed E-state index contributed by atoms with van der Waals surface area (Å²) in [5, 5.41) is 0. The fraction of sp³-hybridized carbons (Fsp3) is 0.167. The molecule has 0 spiro atoms. The lowest BCUT2D eigenvalue weighted by atomic mass is 10.6. The van der Waals surface area contributed by atoms with Crippen LogP contribution in [0.25, 0.3) is 0 Å². The summed E-state index contributed by atoms with van der Waals surface area (Å²) in [6.45, 7) is -0.229. The van der Waals surface area contributed by atoms with E-state index in [1.165, 1.54) is 6.20 Å². The zero-order valence-electron chi connectivity index (χ0n) is 5.91. The number of rotatable bonds is 2. The first-order valence-electron chi connectivity index (χ1n) is 3.08. The van der Waals surface area contributed by atoms with E-state index in [2.05, 4.69) is 20.9 Å². The van der Waals surface area contributed by atoms with Crippen LogP contribution in [-0.2, 0) is 11.3 Å². The standard InChI is InChI=1S/C6H5BrN2O3/c7-4-3-8-6(12)9(1-2-10)5(4)11/h2-3H,1H2,(H,8,12). The van der Waals surface area contributed by atoms with Crippen LogP contribution < -0.4 is 11.2 Å². The van der Waals surface area contributed by atoms with E-state index in [0.29, 0.717) is 6.29 Å². The molecule has 0 saturated heterocycles. The predicted molar refractivity (Wildman–Crippen MR) is 45.1 cm³/mol. The van der Waals surface area contributed by atoms with Gasteiger partial charge in [-0.05, 0) is 15.9 Å². The summed E-state index contributed by atoms with van der Waals surface area (Å²) in [5.74, 6) is 0. The molecule has 0 amide bonds. The fourth-order valence-electron chi connectivity index (χ4n) is 0.726. The number of nitrogens with one attached hydrogen (secondary N) is 1. The Bertz CT molecular complexity index is 406. The Morgan fingerprint density at radius 1 is 1.58 bits per heavy atom. The summed E-state index contributed by atoms with van der Waals surface area (Å²) in [6, 6.07) is 0. The smallest absolute Gasteiger partial charge is 0.313 e. The Balaban J connectivity index is 3.43. The molecular weight excluding hydrogens is 228 g/mol. The highest BCUT2D eigenvalue weighted by atomic mass is 79.9. The molecule has 1 aromatic rings. The van der Waals surface area contributed by atoms with Gasteiger partial charge in [0.25, 0.3) is 5.56 Å². The van der Waals surface area contributed by atoms with Gasteiger partial charge in [0.15, 0.2) is 0 Å². The molecule has 0 saturated carbocycles. The van der Waals surface area contributed by atoms with E-state index >= 15 is 0 Å². The first kappa shape index (κ1) is 8.92. The summed E-state index contributed by atoms with van der Waals surface area (Å²) in [7, 11) is 0. The molecule has 12 heavy (non-hydrogen) atoms. The molecular formula is C6H5BrN2O3. The van der Waals surface area contributed by atoms with E-state index in [1.54, 1.807) is 0 Å². The molecule has 0 radical (unpaired) electrons. The second-order valence-electron chi connectivity index (χ2n) is 2.02. The molecule has 1 heterocycles. The summed E-state index contributed by atoms with van der Waals surface area (Å²) >= 11 is 2.93. The Hall–Kier alpha value is -1.17. The summed E-state index contributed by atoms with van der Waals surface area (Å²) in [6.07, 6.45) is 1.73. The van der Waals surface area contributed by atoms with Gasteiger partial charge in [0, 0.05) is 6.20 Å². The van der Waals surface area contributed by atoms with E-state index in [4.69, 9.17) is 0 Å². The highest BCUT2D eigenvalue weighted by Crippen LogP contribution is 1.95. The first-order chi connectivity index (χ1) is 5.66. The van der Waals surface area contributed by atoms with Crippen LogP contribution in [0.3, 0.4) is 0 Å². The molecule has 6 heteroatoms. The van der Waals surface area contributed by atoms with Gasteiger partial charge in [-0.2, -0.15) is 0 Å². The molecule has 0 bridgehead atoms. The normalized spacial score (nSPS) is 9.75. The number of nitrogens with zero attached hydrogens (tertiary/aromatic N) is 1. The Morgan fingerprint density at radius 2 is 2.25 bits per heavy atom. The Morgan fingerprint density at radius 3 is 2.83 bits per heavy atom. The number of hydrogen-bond donors (Lipinski definition) is 1. The quantitative estimate of drug-likeness (QED) is 0.699. The number of carbonyl (C=O) groups excluding carboxylic acids is 1. The van der Waals surface area contributed by atoms with Crippen molar-refractivity contribution in [3.63, 3.8) is 0 Å². The molecule has 64 valence electrons. The lowest BCUT2D eigenvalue weighted by Crippen LogP contribution is -2.35. The lowest BCUT2D eigenvalue weighted by molar-refractivity contribution is -0.108. The van der Waals surface area contributed by atoms with E-state index in [0.717, 1.165) is 4.57 Å². The van der Waals surface area contributed by atoms with E-state index in [9.17, 15) is 14.4 Å². The van der Waals surface area contributed by atoms with Crippen molar-refractivity contribution in [2.75, 3.05) is 0 Å². The number of aromatic nitrogens is 2. The predicted octanol–water partition coefficient (Wildman–Crippen LogP) is -0.502. The van der Waals surface area contributed by atoms with E-state index in [-0.39, 0.29) is 11.0 Å². The monoisotopic (exact) mass is 232 g/mol. The molecule has 0 aliphatic carbocycles. The van der Waals surface area contributed by atoms with Gasteiger partial charge in [0.1, 0.15) is 6.29 Å². The number of H-pyrrole nitrogens is 1. The molecule has 1 aromatic heterocycles. The van der Waals surface area contributed by atoms with Gasteiger partial charge in [-0.1, -0.05) is 0 Å². The van der Waals surface area contributed by atoms with Crippen molar-refractivity contribution >= 4 is 22.2 Å². The second kappa shape index (κ2) is 3.48. The van der Waals surface area contributed by atoms with E-state index in [1.807, 2.05) is 0 Å². The number of halogens is 1. The highest BCUT2D eigenvalue weighted by Gasteiger charge is 2.02. The number of aromatic amines is 1. The highest BCUT2D eigenvalue weighted by molar-refractivity contribution is 9.10. The zero-order valence-corrected chi connectivity index (χ0v) is 7.50. The van der Waals surface area contributed by atoms with Crippen molar-refractivity contribution in [2.45, 2.75) is 6.54 Å². The van der Waals surface area contributed by atoms with Crippen LogP contribution in [0.1, 0.15) is 0 Å². The molecule has 0 aliphatic rings. The Kier molecular flexibility index (Phi) is 2.59. The fourth-order valence-corrected chi connectivity index (χ4v) is 1.05. The van der Waals surface area contributed by atoms with Gasteiger partial charge in [-0.15, -0.1) is 0 Å². The number of hydrogen-bond acceptors (Lipinski definition) is 3. The zero-order chi connectivity index (χ0) is 9.14. The largest absolute Gasteiger partial charge is 0.328 e. The average molecular weight is 233 g/mol. The van der Waals surface area contributed by atoms with Gasteiger partial charge in [-0.25, -0.2) is 4.79 Å². The van der Waals surface area contributed by atoms with Crippen LogP contribution in [0.4, 0.5) is 0 Å². The van der Waals surface area contributed by atoms with Crippen LogP contribution >= 0.6 is 15.9 Å². The minimum Gasteiger partial charge on any atom is -0.313 e. The minimum absolute atomic E-state index is 0.226. The summed E-state index contributed by atoms with van der Waals surface area (Å²) < 4.78 is 1.03. The summed E-state index contributed by atoms with van der Waals surface area (Å²) in [4.78, 5) is 34.4. The van der Waals surface area contributed by atoms with Crippen LogP contribution in [0.5, 0.6) is 0 Å². The molecule has 1 N–H and O–H groups in total. The number of carbonyl (C=O) groups is 1. The molecule has 0 fully saturated rings. The maximum atomic E-state index is 11.1. The Labute approximate surface area is 75.2 Å². The third kappa shape index (κ3) is 1.53. The lowest BCUT2D eigenvalue weighted by Gasteiger charge is -1.97. The molecule has 0 aliphatic heterocycles. The molecule has 1 rings (SSSR count). The van der Waals surface area contributed by atoms with Gasteiger partial charge in [0.05, 0.1) is 11.0 Å². The van der Waals surface area contributed by atoms with Crippen molar-refractivity contribution in [2.24, 2.45) is 0 Å². The summed E-state index contributed by atoms with van der Waals surface area (Å²) in [5.41, 5.74) is -1.10. The van der Waals surface area contributed by atoms with Crippen molar-refractivity contribution in [1.29, 1.82) is 0 Å². The third-order valence-electron chi connectivity index (χ3n) is 1.27. The maximum Gasteiger partial charge on any atom is 0.328 e. The van der Waals surface area contributed by atoms with Crippen LogP contribution in [-0.4, -0.2) is 15.8 Å². The minimum atomic E-state index is -0.588. The van der Waals surface area contributed by atoms with Gasteiger partial charge in [0.2, 0.25) is 0 Å². The second-order valence-corrected chi connectivity index (χ2v) is 2.88. The van der Waals surface area contributed by atoms with Gasteiger partial charge >= 0.3 is 5.69 Å². The SMILES string of the molecule is O=CCn1c(=O)[nH]cc(Br)c1=O. The van der Waals surface area contributed by atoms with Crippen molar-refractivity contribution < 1.29 is 4.79 Å². The van der Waals surface area contributed by atoms with Crippen LogP contribution in [0.2, 0.25) is 0 Å². The van der Waals surface area contributed by atoms with Crippen molar-refractivity contribution in [3.8, 4) is 0 Å². The third-order valence-corrected chi connectivity index (χ3v) is 1.84. The maximum absolute atomic E-state index is 11.1. The molecule has 0 atom stereocenters. The number of aldehydes is 1. The first-order valence-corrected chi connectivity index (χ1v) is 3.87.